The lowest BCUT2D eigenvalue weighted by molar-refractivity contribution is -0.115. The second-order valence-corrected chi connectivity index (χ2v) is 6.36. The first-order valence-corrected chi connectivity index (χ1v) is 7.94. The van der Waals surface area contributed by atoms with Crippen LogP contribution in [0.25, 0.3) is 0 Å². The maximum atomic E-state index is 11.7. The minimum atomic E-state index is -3.44. The van der Waals surface area contributed by atoms with Gasteiger partial charge in [0.25, 0.3) is 0 Å². The summed E-state index contributed by atoms with van der Waals surface area (Å²) < 4.78 is 25.3. The number of nitrogens with one attached hydrogen (secondary N) is 3. The van der Waals surface area contributed by atoms with Gasteiger partial charge in [-0.2, -0.15) is 0 Å². The molecule has 112 valence electrons. The third-order valence-corrected chi connectivity index (χ3v) is 4.37. The Labute approximate surface area is 120 Å². The van der Waals surface area contributed by atoms with E-state index in [9.17, 15) is 13.2 Å². The zero-order chi connectivity index (χ0) is 15.2. The van der Waals surface area contributed by atoms with Gasteiger partial charge in [0.05, 0.1) is 11.4 Å². The Balaban J connectivity index is 2.60. The van der Waals surface area contributed by atoms with E-state index in [0.717, 1.165) is 6.42 Å². The predicted octanol–water partition coefficient (Wildman–Crippen LogP) is 0.921. The van der Waals surface area contributed by atoms with E-state index in [2.05, 4.69) is 15.4 Å². The zero-order valence-corrected chi connectivity index (χ0v) is 12.8. The van der Waals surface area contributed by atoms with Crippen LogP contribution in [0.3, 0.4) is 0 Å². The molecule has 0 aliphatic carbocycles. The number of hydrogen-bond acceptors (Lipinski definition) is 4. The second-order valence-electron chi connectivity index (χ2n) is 4.47. The Hall–Kier alpha value is -1.44. The summed E-state index contributed by atoms with van der Waals surface area (Å²) in [6.45, 7) is 4.27. The molecule has 1 aromatic carbocycles. The van der Waals surface area contributed by atoms with Crippen molar-refractivity contribution in [1.29, 1.82) is 0 Å². The van der Waals surface area contributed by atoms with Crippen LogP contribution in [0.4, 0.5) is 5.69 Å². The number of anilines is 1. The lowest BCUT2D eigenvalue weighted by Gasteiger charge is -2.11. The summed E-state index contributed by atoms with van der Waals surface area (Å²) in [6.07, 6.45) is 0.948. The Bertz CT molecular complexity index is 540. The van der Waals surface area contributed by atoms with Gasteiger partial charge in [-0.3, -0.25) is 4.79 Å². The highest BCUT2D eigenvalue weighted by Gasteiger charge is 2.11. The molecule has 0 aliphatic rings. The van der Waals surface area contributed by atoms with E-state index in [1.165, 1.54) is 19.2 Å². The van der Waals surface area contributed by atoms with Crippen molar-refractivity contribution in [3.63, 3.8) is 0 Å². The van der Waals surface area contributed by atoms with Crippen LogP contribution < -0.4 is 15.4 Å². The molecule has 0 heterocycles. The molecule has 1 unspecified atom stereocenters. The molecule has 1 rings (SSSR count). The zero-order valence-electron chi connectivity index (χ0n) is 11.9. The molecule has 6 nitrogen and oxygen atoms in total. The summed E-state index contributed by atoms with van der Waals surface area (Å²) in [4.78, 5) is 11.8. The molecule has 0 radical (unpaired) electrons. The highest BCUT2D eigenvalue weighted by atomic mass is 32.2. The smallest absolute Gasteiger partial charge is 0.240 e. The summed E-state index contributed by atoms with van der Waals surface area (Å²) >= 11 is 0. The van der Waals surface area contributed by atoms with E-state index in [0.29, 0.717) is 5.69 Å². The van der Waals surface area contributed by atoms with E-state index < -0.39 is 10.0 Å². The van der Waals surface area contributed by atoms with Crippen LogP contribution in [0.15, 0.2) is 29.2 Å². The van der Waals surface area contributed by atoms with Gasteiger partial charge in [-0.05, 0) is 44.7 Å². The SMILES string of the molecule is CCC(C)NCC(=O)Nc1ccc(S(=O)(=O)NC)cc1. The van der Waals surface area contributed by atoms with Crippen LogP contribution in [0.5, 0.6) is 0 Å². The quantitative estimate of drug-likeness (QED) is 0.699. The third-order valence-electron chi connectivity index (χ3n) is 2.94. The van der Waals surface area contributed by atoms with Crippen molar-refractivity contribution in [2.45, 2.75) is 31.2 Å². The minimum Gasteiger partial charge on any atom is -0.325 e. The van der Waals surface area contributed by atoms with Crippen molar-refractivity contribution in [2.75, 3.05) is 18.9 Å². The molecule has 0 aliphatic heterocycles. The van der Waals surface area contributed by atoms with Gasteiger partial charge in [0.15, 0.2) is 0 Å². The van der Waals surface area contributed by atoms with E-state index in [1.54, 1.807) is 12.1 Å². The monoisotopic (exact) mass is 299 g/mol. The molecule has 1 atom stereocenters. The maximum absolute atomic E-state index is 11.7. The highest BCUT2D eigenvalue weighted by molar-refractivity contribution is 7.89. The molecular weight excluding hydrogens is 278 g/mol. The Morgan fingerprint density at radius 1 is 1.25 bits per heavy atom. The average molecular weight is 299 g/mol. The third kappa shape index (κ3) is 4.92. The molecule has 7 heteroatoms. The molecule has 0 bridgehead atoms. The minimum absolute atomic E-state index is 0.158. The molecule has 1 amide bonds. The van der Waals surface area contributed by atoms with Crippen LogP contribution in [-0.2, 0) is 14.8 Å². The topological polar surface area (TPSA) is 87.3 Å². The first kappa shape index (κ1) is 16.6. The second kappa shape index (κ2) is 7.37. The average Bonchev–Trinajstić information content (AvgIpc) is 2.45. The van der Waals surface area contributed by atoms with Crippen molar-refractivity contribution < 1.29 is 13.2 Å². The largest absolute Gasteiger partial charge is 0.325 e. The molecule has 20 heavy (non-hydrogen) atoms. The van der Waals surface area contributed by atoms with Gasteiger partial charge in [-0.25, -0.2) is 13.1 Å². The number of carbonyl (C=O) groups is 1. The van der Waals surface area contributed by atoms with Gasteiger partial charge in [0, 0.05) is 11.7 Å². The number of rotatable bonds is 7. The van der Waals surface area contributed by atoms with Crippen molar-refractivity contribution in [1.82, 2.24) is 10.0 Å². The van der Waals surface area contributed by atoms with E-state index >= 15 is 0 Å². The number of amides is 1. The Morgan fingerprint density at radius 2 is 1.85 bits per heavy atom. The fourth-order valence-corrected chi connectivity index (χ4v) is 2.18. The highest BCUT2D eigenvalue weighted by Crippen LogP contribution is 2.13. The van der Waals surface area contributed by atoms with Gasteiger partial charge in [0.1, 0.15) is 0 Å². The summed E-state index contributed by atoms with van der Waals surface area (Å²) in [5.74, 6) is -0.158. The van der Waals surface area contributed by atoms with Gasteiger partial charge >= 0.3 is 0 Å². The van der Waals surface area contributed by atoms with Crippen molar-refractivity contribution in [2.24, 2.45) is 0 Å². The first-order valence-electron chi connectivity index (χ1n) is 6.46. The summed E-state index contributed by atoms with van der Waals surface area (Å²) in [5, 5.41) is 5.78. The number of hydrogen-bond donors (Lipinski definition) is 3. The van der Waals surface area contributed by atoms with Crippen LogP contribution in [0.1, 0.15) is 20.3 Å². The standard InChI is InChI=1S/C13H21N3O3S/c1-4-10(2)15-9-13(17)16-11-5-7-12(8-6-11)20(18,19)14-3/h5-8,10,14-15H,4,9H2,1-3H3,(H,16,17). The fraction of sp³-hybridized carbons (Fsp3) is 0.462. The molecule has 0 saturated heterocycles. The molecule has 3 N–H and O–H groups in total. The first-order chi connectivity index (χ1) is 9.39. The summed E-state index contributed by atoms with van der Waals surface area (Å²) in [7, 11) is -2.09. The van der Waals surface area contributed by atoms with Gasteiger partial charge in [0.2, 0.25) is 15.9 Å². The number of carbonyl (C=O) groups excluding carboxylic acids is 1. The van der Waals surface area contributed by atoms with Crippen LogP contribution in [0.2, 0.25) is 0 Å². The molecule has 0 saturated carbocycles. The van der Waals surface area contributed by atoms with Gasteiger partial charge in [-0.1, -0.05) is 6.92 Å². The Kier molecular flexibility index (Phi) is 6.12. The molecule has 0 spiro atoms. The summed E-state index contributed by atoms with van der Waals surface area (Å²) in [5.41, 5.74) is 0.566. The van der Waals surface area contributed by atoms with E-state index in [4.69, 9.17) is 0 Å². The van der Waals surface area contributed by atoms with E-state index in [-0.39, 0.29) is 23.4 Å². The maximum Gasteiger partial charge on any atom is 0.240 e. The number of sulfonamides is 1. The van der Waals surface area contributed by atoms with E-state index in [1.807, 2.05) is 13.8 Å². The van der Waals surface area contributed by atoms with Gasteiger partial charge < -0.3 is 10.6 Å². The van der Waals surface area contributed by atoms with Crippen molar-refractivity contribution in [3.8, 4) is 0 Å². The van der Waals surface area contributed by atoms with Crippen LogP contribution in [-0.4, -0.2) is 34.0 Å². The molecule has 0 fully saturated rings. The molecule has 1 aromatic rings. The lowest BCUT2D eigenvalue weighted by atomic mass is 10.2. The predicted molar refractivity (Wildman–Crippen MR) is 79.1 cm³/mol. The Morgan fingerprint density at radius 3 is 2.35 bits per heavy atom. The summed E-state index contributed by atoms with van der Waals surface area (Å²) in [6, 6.07) is 6.30. The molecule has 0 aromatic heterocycles. The lowest BCUT2D eigenvalue weighted by Crippen LogP contribution is -2.33. The molecular formula is C13H21N3O3S. The number of benzene rings is 1. The fourth-order valence-electron chi connectivity index (χ4n) is 1.45. The van der Waals surface area contributed by atoms with Crippen molar-refractivity contribution >= 4 is 21.6 Å². The van der Waals surface area contributed by atoms with Crippen LogP contribution in [0, 0.1) is 0 Å². The normalized spacial score (nSPS) is 12.9. The van der Waals surface area contributed by atoms with Crippen molar-refractivity contribution in [3.05, 3.63) is 24.3 Å². The van der Waals surface area contributed by atoms with Gasteiger partial charge in [-0.15, -0.1) is 0 Å². The van der Waals surface area contributed by atoms with Crippen LogP contribution >= 0.6 is 0 Å².